The molecular formula is C34H35N5O4. The number of hydrazine groups is 1. The lowest BCUT2D eigenvalue weighted by Crippen LogP contribution is -2.75. The molecule has 6 rings (SSSR count). The molecule has 3 heterocycles. The number of carbonyl (C=O) groups excluding carboxylic acids is 3. The van der Waals surface area contributed by atoms with Crippen LogP contribution in [0.4, 0.5) is 5.69 Å². The summed E-state index contributed by atoms with van der Waals surface area (Å²) in [6.45, 7) is 4.65. The summed E-state index contributed by atoms with van der Waals surface area (Å²) in [7, 11) is 0. The molecule has 0 unspecified atom stereocenters. The van der Waals surface area contributed by atoms with E-state index in [2.05, 4.69) is 11.6 Å². The van der Waals surface area contributed by atoms with Crippen LogP contribution in [0.25, 0.3) is 0 Å². The van der Waals surface area contributed by atoms with Crippen molar-refractivity contribution in [2.75, 3.05) is 19.6 Å². The number of aromatic hydroxyl groups is 1. The van der Waals surface area contributed by atoms with Crippen LogP contribution in [0.15, 0.2) is 90.4 Å². The van der Waals surface area contributed by atoms with Crippen molar-refractivity contribution in [2.24, 2.45) is 4.99 Å². The Bertz CT molecular complexity index is 1550. The van der Waals surface area contributed by atoms with Crippen LogP contribution < -0.4 is 0 Å². The highest BCUT2D eigenvalue weighted by atomic mass is 16.3. The van der Waals surface area contributed by atoms with E-state index in [0.29, 0.717) is 19.5 Å². The van der Waals surface area contributed by atoms with E-state index in [1.54, 1.807) is 50.2 Å². The standard InChI is InChI=1S/C34H35N5O4/c1-2-19-37-23-32(42)38-29(20-25-11-14-28(40)15-12-25)34(43)36(21-27-10-6-9-26-17-18-35-33(26)27)22-30(38)39(37)31(41)16-13-24-7-4-3-5-8-24/h2-12,14-15,18,29-30,40H,1,13,16-17,19-23H2/t29-,30-/m0/s1. The molecule has 220 valence electrons. The van der Waals surface area contributed by atoms with E-state index in [4.69, 9.17) is 0 Å². The normalized spacial score (nSPS) is 19.9. The van der Waals surface area contributed by atoms with Gasteiger partial charge in [0, 0.05) is 38.6 Å². The number of para-hydroxylation sites is 1. The average Bonchev–Trinajstić information content (AvgIpc) is 3.50. The molecule has 3 aliphatic rings. The topological polar surface area (TPSA) is 96.8 Å². The molecule has 3 aromatic carbocycles. The van der Waals surface area contributed by atoms with E-state index >= 15 is 0 Å². The van der Waals surface area contributed by atoms with Crippen molar-refractivity contribution in [3.05, 3.63) is 108 Å². The number of nitrogens with zero attached hydrogens (tertiary/aromatic N) is 5. The SMILES string of the molecule is C=CCN1CC(=O)N2[C@@H](Cc3ccc(O)cc3)C(=O)N(Cc3cccc4c3N=CC4)C[C@@H]2N1C(=O)CCc1ccccc1. The Morgan fingerprint density at radius 3 is 2.56 bits per heavy atom. The van der Waals surface area contributed by atoms with Crippen molar-refractivity contribution in [3.63, 3.8) is 0 Å². The zero-order valence-corrected chi connectivity index (χ0v) is 24.0. The largest absolute Gasteiger partial charge is 0.508 e. The van der Waals surface area contributed by atoms with Gasteiger partial charge < -0.3 is 14.9 Å². The Kier molecular flexibility index (Phi) is 8.07. The molecule has 0 spiro atoms. The van der Waals surface area contributed by atoms with Crippen molar-refractivity contribution in [2.45, 2.75) is 44.4 Å². The van der Waals surface area contributed by atoms with Crippen LogP contribution in [0.5, 0.6) is 5.75 Å². The quantitative estimate of drug-likeness (QED) is 0.392. The van der Waals surface area contributed by atoms with Crippen LogP contribution in [0.3, 0.4) is 0 Å². The molecule has 2 atom stereocenters. The summed E-state index contributed by atoms with van der Waals surface area (Å²) in [6.07, 6.45) is 4.72. The number of carbonyl (C=O) groups is 3. The molecule has 0 radical (unpaired) electrons. The minimum Gasteiger partial charge on any atom is -0.508 e. The Balaban J connectivity index is 1.35. The Labute approximate surface area is 251 Å². The number of rotatable bonds is 9. The zero-order valence-electron chi connectivity index (χ0n) is 24.0. The fourth-order valence-corrected chi connectivity index (χ4v) is 6.31. The minimum atomic E-state index is -0.814. The van der Waals surface area contributed by atoms with Crippen molar-refractivity contribution in [3.8, 4) is 5.75 Å². The van der Waals surface area contributed by atoms with E-state index in [1.165, 1.54) is 0 Å². The molecule has 9 heteroatoms. The molecular weight excluding hydrogens is 542 g/mol. The lowest BCUT2D eigenvalue weighted by atomic mass is 9.97. The van der Waals surface area contributed by atoms with E-state index in [9.17, 15) is 19.5 Å². The predicted molar refractivity (Wildman–Crippen MR) is 163 cm³/mol. The molecule has 9 nitrogen and oxygen atoms in total. The van der Waals surface area contributed by atoms with Crippen molar-refractivity contribution in [1.82, 2.24) is 19.8 Å². The third kappa shape index (κ3) is 5.81. The Morgan fingerprint density at radius 1 is 1.00 bits per heavy atom. The Morgan fingerprint density at radius 2 is 1.79 bits per heavy atom. The average molecular weight is 578 g/mol. The second-order valence-electron chi connectivity index (χ2n) is 11.2. The van der Waals surface area contributed by atoms with E-state index in [-0.39, 0.29) is 49.4 Å². The van der Waals surface area contributed by atoms with Gasteiger partial charge in [0.05, 0.1) is 18.8 Å². The number of fused-ring (bicyclic) bond motifs is 2. The molecule has 2 fully saturated rings. The number of aliphatic imine (C=N–C) groups is 1. The summed E-state index contributed by atoms with van der Waals surface area (Å²) < 4.78 is 0. The lowest BCUT2D eigenvalue weighted by molar-refractivity contribution is -0.205. The van der Waals surface area contributed by atoms with Gasteiger partial charge in [-0.1, -0.05) is 66.7 Å². The lowest BCUT2D eigenvalue weighted by Gasteiger charge is -2.55. The third-order valence-corrected chi connectivity index (χ3v) is 8.36. The van der Waals surface area contributed by atoms with Gasteiger partial charge in [-0.15, -0.1) is 6.58 Å². The zero-order chi connectivity index (χ0) is 29.9. The number of benzene rings is 3. The van der Waals surface area contributed by atoms with Gasteiger partial charge in [-0.3, -0.25) is 19.4 Å². The van der Waals surface area contributed by atoms with Gasteiger partial charge in [-0.25, -0.2) is 10.0 Å². The number of piperazine rings is 1. The molecule has 0 aromatic heterocycles. The van der Waals surface area contributed by atoms with Crippen LogP contribution in [0.2, 0.25) is 0 Å². The van der Waals surface area contributed by atoms with Gasteiger partial charge in [-0.05, 0) is 40.8 Å². The highest BCUT2D eigenvalue weighted by Crippen LogP contribution is 2.33. The molecule has 3 aliphatic heterocycles. The molecule has 2 saturated heterocycles. The van der Waals surface area contributed by atoms with Gasteiger partial charge in [0.2, 0.25) is 17.7 Å². The van der Waals surface area contributed by atoms with Gasteiger partial charge in [0.15, 0.2) is 0 Å². The predicted octanol–water partition coefficient (Wildman–Crippen LogP) is 3.64. The van der Waals surface area contributed by atoms with Gasteiger partial charge in [-0.2, -0.15) is 0 Å². The van der Waals surface area contributed by atoms with E-state index in [1.807, 2.05) is 54.7 Å². The maximum Gasteiger partial charge on any atom is 0.246 e. The molecule has 1 N–H and O–H groups in total. The summed E-state index contributed by atoms with van der Waals surface area (Å²) in [5.74, 6) is -0.371. The molecule has 0 bridgehead atoms. The van der Waals surface area contributed by atoms with Crippen LogP contribution in [-0.2, 0) is 40.2 Å². The number of phenolic OH excluding ortho intramolecular Hbond substituents is 1. The summed E-state index contributed by atoms with van der Waals surface area (Å²) in [4.78, 5) is 49.9. The van der Waals surface area contributed by atoms with Crippen molar-refractivity contribution < 1.29 is 19.5 Å². The maximum absolute atomic E-state index is 14.2. The fraction of sp³-hybridized carbons (Fsp3) is 0.294. The fourth-order valence-electron chi connectivity index (χ4n) is 6.31. The third-order valence-electron chi connectivity index (χ3n) is 8.36. The van der Waals surface area contributed by atoms with Crippen LogP contribution >= 0.6 is 0 Å². The number of amides is 3. The summed E-state index contributed by atoms with van der Waals surface area (Å²) in [5, 5.41) is 13.3. The molecule has 3 aromatic rings. The molecule has 3 amide bonds. The van der Waals surface area contributed by atoms with Crippen molar-refractivity contribution >= 4 is 29.6 Å². The smallest absolute Gasteiger partial charge is 0.246 e. The minimum absolute atomic E-state index is 0.0279. The summed E-state index contributed by atoms with van der Waals surface area (Å²) in [6, 6.07) is 21.7. The van der Waals surface area contributed by atoms with Gasteiger partial charge in [0.1, 0.15) is 18.0 Å². The molecule has 0 saturated carbocycles. The second kappa shape index (κ2) is 12.2. The first-order valence-electron chi connectivity index (χ1n) is 14.7. The van der Waals surface area contributed by atoms with Gasteiger partial charge >= 0.3 is 0 Å². The van der Waals surface area contributed by atoms with Crippen LogP contribution in [0, 0.1) is 0 Å². The highest BCUT2D eigenvalue weighted by Gasteiger charge is 2.51. The molecule has 43 heavy (non-hydrogen) atoms. The molecule has 0 aliphatic carbocycles. The first-order chi connectivity index (χ1) is 20.9. The van der Waals surface area contributed by atoms with Crippen LogP contribution in [-0.4, -0.2) is 80.7 Å². The number of aryl methyl sites for hydroxylation is 1. The highest BCUT2D eigenvalue weighted by molar-refractivity contribution is 5.92. The van der Waals surface area contributed by atoms with Crippen molar-refractivity contribution in [1.29, 1.82) is 0 Å². The van der Waals surface area contributed by atoms with E-state index in [0.717, 1.165) is 34.4 Å². The first-order valence-corrected chi connectivity index (χ1v) is 14.7. The van der Waals surface area contributed by atoms with Gasteiger partial charge in [0.25, 0.3) is 0 Å². The summed E-state index contributed by atoms with van der Waals surface area (Å²) >= 11 is 0. The second-order valence-corrected chi connectivity index (χ2v) is 11.2. The monoisotopic (exact) mass is 577 g/mol. The number of hydrogen-bond acceptors (Lipinski definition) is 6. The number of hydrogen-bond donors (Lipinski definition) is 1. The maximum atomic E-state index is 14.2. The van der Waals surface area contributed by atoms with E-state index < -0.39 is 12.2 Å². The first kappa shape index (κ1) is 28.4. The summed E-state index contributed by atoms with van der Waals surface area (Å²) in [5.41, 5.74) is 4.80. The number of phenols is 1. The Hall–Kier alpha value is -4.76. The van der Waals surface area contributed by atoms with Crippen LogP contribution in [0.1, 0.15) is 28.7 Å².